The summed E-state index contributed by atoms with van der Waals surface area (Å²) in [4.78, 5) is 14.7. The van der Waals surface area contributed by atoms with Crippen molar-refractivity contribution in [2.24, 2.45) is 23.5 Å². The minimum absolute atomic E-state index is 0.216. The first kappa shape index (κ1) is 12.9. The van der Waals surface area contributed by atoms with Crippen molar-refractivity contribution >= 4 is 5.91 Å². The van der Waals surface area contributed by atoms with Gasteiger partial charge in [-0.25, -0.2) is 0 Å². The van der Waals surface area contributed by atoms with Crippen LogP contribution in [0.2, 0.25) is 0 Å². The Kier molecular flexibility index (Phi) is 4.08. The zero-order valence-corrected chi connectivity index (χ0v) is 11.2. The molecule has 1 saturated heterocycles. The molecule has 4 atom stereocenters. The Hall–Kier alpha value is -0.570. The molecule has 4 unspecified atom stereocenters. The van der Waals surface area contributed by atoms with E-state index in [2.05, 4.69) is 18.7 Å². The van der Waals surface area contributed by atoms with E-state index in [4.69, 9.17) is 5.73 Å². The van der Waals surface area contributed by atoms with Crippen LogP contribution in [0.1, 0.15) is 46.0 Å². The third-order valence-electron chi connectivity index (χ3n) is 4.68. The minimum Gasteiger partial charge on any atom is -0.339 e. The molecule has 0 aromatic heterocycles. The first-order valence-corrected chi connectivity index (χ1v) is 7.14. The van der Waals surface area contributed by atoms with Crippen LogP contribution in [-0.2, 0) is 4.79 Å². The zero-order chi connectivity index (χ0) is 12.4. The maximum Gasteiger partial charge on any atom is 0.226 e. The average Bonchev–Trinajstić information content (AvgIpc) is 2.79. The molecule has 0 spiro atoms. The Balaban J connectivity index is 2.02. The topological polar surface area (TPSA) is 46.3 Å². The van der Waals surface area contributed by atoms with E-state index < -0.39 is 0 Å². The smallest absolute Gasteiger partial charge is 0.226 e. The van der Waals surface area contributed by atoms with Crippen LogP contribution in [0, 0.1) is 17.8 Å². The first-order valence-electron chi connectivity index (χ1n) is 7.14. The molecule has 17 heavy (non-hydrogen) atoms. The third-order valence-corrected chi connectivity index (χ3v) is 4.68. The second kappa shape index (κ2) is 5.38. The van der Waals surface area contributed by atoms with Crippen molar-refractivity contribution in [3.05, 3.63) is 0 Å². The van der Waals surface area contributed by atoms with Crippen molar-refractivity contribution in [2.75, 3.05) is 13.1 Å². The molecule has 2 aliphatic rings. The molecule has 1 heterocycles. The van der Waals surface area contributed by atoms with E-state index in [0.29, 0.717) is 30.3 Å². The molecule has 0 radical (unpaired) electrons. The van der Waals surface area contributed by atoms with Crippen LogP contribution in [0.25, 0.3) is 0 Å². The molecular weight excluding hydrogens is 212 g/mol. The summed E-state index contributed by atoms with van der Waals surface area (Å²) in [6.07, 6.45) is 5.79. The molecule has 2 fully saturated rings. The second-order valence-corrected chi connectivity index (χ2v) is 6.06. The van der Waals surface area contributed by atoms with Crippen molar-refractivity contribution in [1.29, 1.82) is 0 Å². The largest absolute Gasteiger partial charge is 0.339 e. The van der Waals surface area contributed by atoms with Gasteiger partial charge in [0.25, 0.3) is 0 Å². The highest BCUT2D eigenvalue weighted by Gasteiger charge is 2.37. The number of piperidine rings is 1. The lowest BCUT2D eigenvalue weighted by atomic mass is 9.90. The molecule has 0 bridgehead atoms. The van der Waals surface area contributed by atoms with Gasteiger partial charge in [0.05, 0.1) is 0 Å². The average molecular weight is 238 g/mol. The number of hydrogen-bond acceptors (Lipinski definition) is 2. The van der Waals surface area contributed by atoms with Gasteiger partial charge >= 0.3 is 0 Å². The Morgan fingerprint density at radius 1 is 1.24 bits per heavy atom. The summed E-state index contributed by atoms with van der Waals surface area (Å²) < 4.78 is 0. The lowest BCUT2D eigenvalue weighted by Crippen LogP contribution is -2.48. The quantitative estimate of drug-likeness (QED) is 0.800. The van der Waals surface area contributed by atoms with Gasteiger partial charge in [0.2, 0.25) is 5.91 Å². The first-order chi connectivity index (χ1) is 8.13. The Morgan fingerprint density at radius 3 is 2.71 bits per heavy atom. The number of amides is 1. The summed E-state index contributed by atoms with van der Waals surface area (Å²) in [5.41, 5.74) is 5.78. The van der Waals surface area contributed by atoms with Crippen LogP contribution in [-0.4, -0.2) is 29.9 Å². The van der Waals surface area contributed by atoms with Gasteiger partial charge in [-0.05, 0) is 51.0 Å². The zero-order valence-electron chi connectivity index (χ0n) is 11.2. The Morgan fingerprint density at radius 2 is 2.00 bits per heavy atom. The molecule has 0 aromatic rings. The van der Waals surface area contributed by atoms with Crippen LogP contribution >= 0.6 is 0 Å². The molecule has 1 saturated carbocycles. The molecule has 98 valence electrons. The standard InChI is InChI=1S/C14H26N2O/c1-10-6-7-11(2)16(9-10)14(17)13-5-3-4-12(13)8-15/h10-13H,3-9,15H2,1-2H3. The van der Waals surface area contributed by atoms with E-state index >= 15 is 0 Å². The van der Waals surface area contributed by atoms with Gasteiger partial charge < -0.3 is 10.6 Å². The molecule has 1 amide bonds. The highest BCUT2D eigenvalue weighted by atomic mass is 16.2. The predicted octanol–water partition coefficient (Wildman–Crippen LogP) is 2.01. The van der Waals surface area contributed by atoms with Crippen LogP contribution in [0.5, 0.6) is 0 Å². The molecule has 0 aromatic carbocycles. The number of nitrogens with two attached hydrogens (primary N) is 1. The van der Waals surface area contributed by atoms with Gasteiger partial charge in [-0.3, -0.25) is 4.79 Å². The molecule has 2 N–H and O–H groups in total. The van der Waals surface area contributed by atoms with Crippen LogP contribution in [0.4, 0.5) is 0 Å². The summed E-state index contributed by atoms with van der Waals surface area (Å²) in [7, 11) is 0. The summed E-state index contributed by atoms with van der Waals surface area (Å²) >= 11 is 0. The lowest BCUT2D eigenvalue weighted by Gasteiger charge is -2.39. The fraction of sp³-hybridized carbons (Fsp3) is 0.929. The van der Waals surface area contributed by atoms with Crippen LogP contribution in [0.15, 0.2) is 0 Å². The maximum atomic E-state index is 12.6. The molecule has 2 rings (SSSR count). The van der Waals surface area contributed by atoms with Gasteiger partial charge in [-0.2, -0.15) is 0 Å². The highest BCUT2D eigenvalue weighted by molar-refractivity contribution is 5.80. The number of rotatable bonds is 2. The van der Waals surface area contributed by atoms with Gasteiger partial charge in [0, 0.05) is 18.5 Å². The van der Waals surface area contributed by atoms with Crippen molar-refractivity contribution in [1.82, 2.24) is 4.90 Å². The van der Waals surface area contributed by atoms with E-state index in [1.807, 2.05) is 0 Å². The molecule has 3 nitrogen and oxygen atoms in total. The molecule has 1 aliphatic heterocycles. The molecule has 1 aliphatic carbocycles. The van der Waals surface area contributed by atoms with Gasteiger partial charge in [0.1, 0.15) is 0 Å². The van der Waals surface area contributed by atoms with Gasteiger partial charge in [-0.15, -0.1) is 0 Å². The van der Waals surface area contributed by atoms with E-state index in [9.17, 15) is 4.79 Å². The fourth-order valence-electron chi connectivity index (χ4n) is 3.45. The van der Waals surface area contributed by atoms with E-state index in [-0.39, 0.29) is 5.92 Å². The van der Waals surface area contributed by atoms with Gasteiger partial charge in [0.15, 0.2) is 0 Å². The lowest BCUT2D eigenvalue weighted by molar-refractivity contribution is -0.141. The van der Waals surface area contributed by atoms with Crippen molar-refractivity contribution < 1.29 is 4.79 Å². The number of carbonyl (C=O) groups excluding carboxylic acids is 1. The van der Waals surface area contributed by atoms with E-state index in [1.54, 1.807) is 0 Å². The van der Waals surface area contributed by atoms with E-state index in [0.717, 1.165) is 25.8 Å². The molecule has 3 heteroatoms. The predicted molar refractivity (Wildman–Crippen MR) is 69.5 cm³/mol. The van der Waals surface area contributed by atoms with Crippen molar-refractivity contribution in [3.63, 3.8) is 0 Å². The fourth-order valence-corrected chi connectivity index (χ4v) is 3.45. The Bertz CT molecular complexity index is 279. The Labute approximate surface area is 105 Å². The number of nitrogens with zero attached hydrogens (tertiary/aromatic N) is 1. The summed E-state index contributed by atoms with van der Waals surface area (Å²) in [6.45, 7) is 6.07. The van der Waals surface area contributed by atoms with Crippen LogP contribution in [0.3, 0.4) is 0 Å². The normalized spacial score (nSPS) is 38.4. The van der Waals surface area contributed by atoms with Gasteiger partial charge in [-0.1, -0.05) is 13.3 Å². The SMILES string of the molecule is CC1CCC(C)N(C(=O)C2CCCC2CN)C1. The monoisotopic (exact) mass is 238 g/mol. The number of likely N-dealkylation sites (tertiary alicyclic amines) is 1. The second-order valence-electron chi connectivity index (χ2n) is 6.06. The minimum atomic E-state index is 0.216. The number of carbonyl (C=O) groups is 1. The summed E-state index contributed by atoms with van der Waals surface area (Å²) in [5.74, 6) is 1.70. The molecular formula is C14H26N2O. The van der Waals surface area contributed by atoms with Crippen LogP contribution < -0.4 is 5.73 Å². The maximum absolute atomic E-state index is 12.6. The van der Waals surface area contributed by atoms with Crippen molar-refractivity contribution in [2.45, 2.75) is 52.0 Å². The van der Waals surface area contributed by atoms with E-state index in [1.165, 1.54) is 12.8 Å². The highest BCUT2D eigenvalue weighted by Crippen LogP contribution is 2.34. The number of hydrogen-bond donors (Lipinski definition) is 1. The third kappa shape index (κ3) is 2.65. The summed E-state index contributed by atoms with van der Waals surface area (Å²) in [6, 6.07) is 0.428. The summed E-state index contributed by atoms with van der Waals surface area (Å²) in [5, 5.41) is 0. The van der Waals surface area contributed by atoms with Crippen molar-refractivity contribution in [3.8, 4) is 0 Å².